The topological polar surface area (TPSA) is 46.2 Å². The molecule has 0 aliphatic heterocycles. The summed E-state index contributed by atoms with van der Waals surface area (Å²) >= 11 is 0. The molecule has 0 spiro atoms. The molecule has 0 aromatic heterocycles. The predicted molar refractivity (Wildman–Crippen MR) is 107 cm³/mol. The van der Waals surface area contributed by atoms with E-state index in [1.165, 1.54) is 0 Å². The first-order chi connectivity index (χ1) is 16.1. The van der Waals surface area contributed by atoms with Crippen LogP contribution in [0.4, 0.5) is 57.1 Å². The van der Waals surface area contributed by atoms with Crippen LogP contribution in [-0.4, -0.2) is 83.3 Å². The summed E-state index contributed by atoms with van der Waals surface area (Å²) in [5.74, 6) is -7.69. The molecule has 0 aromatic rings. The standard InChI is InChI=1S/C19H30F13N2O2S/c1-34(2,3)9-6-8-33-37(35,36)10-5-4-7-13(16(21,22)23)11-14(17(24,25)26)12-15(20,18(27,28)29)19(30,31)32/h13-14,33H,4-12H2,1-3H3/q+1. The summed E-state index contributed by atoms with van der Waals surface area (Å²) in [7, 11) is 1.57. The lowest BCUT2D eigenvalue weighted by Crippen LogP contribution is -2.55. The number of halogens is 13. The van der Waals surface area contributed by atoms with Gasteiger partial charge in [-0.05, 0) is 19.3 Å². The lowest BCUT2D eigenvalue weighted by molar-refractivity contribution is -0.870. The van der Waals surface area contributed by atoms with Gasteiger partial charge in [-0.25, -0.2) is 17.5 Å². The van der Waals surface area contributed by atoms with Crippen molar-refractivity contribution in [1.29, 1.82) is 0 Å². The molecule has 2 unspecified atom stereocenters. The van der Waals surface area contributed by atoms with Gasteiger partial charge in [0, 0.05) is 19.4 Å². The molecule has 0 bridgehead atoms. The Kier molecular flexibility index (Phi) is 12.1. The molecule has 0 aromatic carbocycles. The third-order valence-electron chi connectivity index (χ3n) is 5.46. The Morgan fingerprint density at radius 2 is 1.16 bits per heavy atom. The summed E-state index contributed by atoms with van der Waals surface area (Å²) in [6, 6.07) is 0. The minimum atomic E-state index is -6.87. The van der Waals surface area contributed by atoms with E-state index in [2.05, 4.69) is 4.72 Å². The number of alkyl halides is 13. The third-order valence-corrected chi connectivity index (χ3v) is 6.93. The average Bonchev–Trinajstić information content (AvgIpc) is 2.62. The van der Waals surface area contributed by atoms with Crippen LogP contribution < -0.4 is 4.72 Å². The van der Waals surface area contributed by atoms with Crippen molar-refractivity contribution in [2.45, 2.75) is 68.9 Å². The second-order valence-electron chi connectivity index (χ2n) is 9.79. The first-order valence-corrected chi connectivity index (χ1v) is 12.5. The summed E-state index contributed by atoms with van der Waals surface area (Å²) in [5.41, 5.74) is -6.39. The Hall–Kier alpha value is -1.04. The van der Waals surface area contributed by atoms with E-state index in [9.17, 15) is 65.5 Å². The van der Waals surface area contributed by atoms with Gasteiger partial charge in [0.25, 0.3) is 5.67 Å². The molecule has 0 radical (unpaired) electrons. The lowest BCUT2D eigenvalue weighted by Gasteiger charge is -2.35. The Labute approximate surface area is 206 Å². The number of nitrogens with zero attached hydrogens (tertiary/aromatic N) is 1. The maximum absolute atomic E-state index is 13.9. The number of hydrogen-bond donors (Lipinski definition) is 1. The number of quaternary nitrogens is 1. The first kappa shape index (κ1) is 36.0. The van der Waals surface area contributed by atoms with Crippen LogP contribution in [0.3, 0.4) is 0 Å². The summed E-state index contributed by atoms with van der Waals surface area (Å²) in [6.07, 6.45) is -32.8. The molecule has 1 N–H and O–H groups in total. The van der Waals surface area contributed by atoms with E-state index in [1.807, 2.05) is 21.1 Å². The van der Waals surface area contributed by atoms with Gasteiger partial charge in [-0.3, -0.25) is 0 Å². The van der Waals surface area contributed by atoms with Crippen molar-refractivity contribution in [3.05, 3.63) is 0 Å². The maximum Gasteiger partial charge on any atom is 0.431 e. The van der Waals surface area contributed by atoms with Crippen LogP contribution >= 0.6 is 0 Å². The van der Waals surface area contributed by atoms with Gasteiger partial charge < -0.3 is 4.48 Å². The lowest BCUT2D eigenvalue weighted by atomic mass is 9.82. The monoisotopic (exact) mass is 597 g/mol. The smallest absolute Gasteiger partial charge is 0.331 e. The van der Waals surface area contributed by atoms with Gasteiger partial charge in [-0.1, -0.05) is 6.42 Å². The highest BCUT2D eigenvalue weighted by Gasteiger charge is 2.74. The minimum Gasteiger partial charge on any atom is -0.331 e. The highest BCUT2D eigenvalue weighted by Crippen LogP contribution is 2.53. The van der Waals surface area contributed by atoms with Crippen molar-refractivity contribution in [3.8, 4) is 0 Å². The van der Waals surface area contributed by atoms with Crippen LogP contribution in [0.2, 0.25) is 0 Å². The molecule has 0 amide bonds. The maximum atomic E-state index is 13.9. The van der Waals surface area contributed by atoms with Gasteiger partial charge in [0.05, 0.1) is 45.3 Å². The van der Waals surface area contributed by atoms with Crippen molar-refractivity contribution in [2.24, 2.45) is 11.8 Å². The number of rotatable bonds is 14. The van der Waals surface area contributed by atoms with E-state index >= 15 is 0 Å². The van der Waals surface area contributed by atoms with Gasteiger partial charge in [-0.15, -0.1) is 0 Å². The molecule has 2 atom stereocenters. The largest absolute Gasteiger partial charge is 0.431 e. The number of sulfonamides is 1. The fraction of sp³-hybridized carbons (Fsp3) is 1.00. The molecule has 18 heteroatoms. The molecule has 0 aliphatic carbocycles. The van der Waals surface area contributed by atoms with Crippen molar-refractivity contribution in [1.82, 2.24) is 4.72 Å². The van der Waals surface area contributed by atoms with E-state index in [4.69, 9.17) is 0 Å². The molecule has 224 valence electrons. The van der Waals surface area contributed by atoms with E-state index in [0.717, 1.165) is 0 Å². The number of hydrogen-bond acceptors (Lipinski definition) is 2. The van der Waals surface area contributed by atoms with Crippen LogP contribution in [0, 0.1) is 11.8 Å². The summed E-state index contributed by atoms with van der Waals surface area (Å²) in [6.45, 7) is 0.596. The number of unbranched alkanes of at least 4 members (excludes halogenated alkanes) is 1. The quantitative estimate of drug-likeness (QED) is 0.149. The zero-order valence-corrected chi connectivity index (χ0v) is 20.9. The average molecular weight is 598 g/mol. The normalized spacial score (nSPS) is 16.6. The van der Waals surface area contributed by atoms with Crippen molar-refractivity contribution in [3.63, 3.8) is 0 Å². The van der Waals surface area contributed by atoms with E-state index in [-0.39, 0.29) is 6.54 Å². The predicted octanol–water partition coefficient (Wildman–Crippen LogP) is 6.14. The zero-order chi connectivity index (χ0) is 29.7. The van der Waals surface area contributed by atoms with Crippen molar-refractivity contribution >= 4 is 10.0 Å². The summed E-state index contributed by atoms with van der Waals surface area (Å²) in [4.78, 5) is 0. The Morgan fingerprint density at radius 1 is 0.703 bits per heavy atom. The first-order valence-electron chi connectivity index (χ1n) is 10.9. The Balaban J connectivity index is 5.37. The van der Waals surface area contributed by atoms with Gasteiger partial charge in [0.1, 0.15) is 0 Å². The Morgan fingerprint density at radius 3 is 1.54 bits per heavy atom. The summed E-state index contributed by atoms with van der Waals surface area (Å²) in [5, 5.41) is 0. The van der Waals surface area contributed by atoms with Crippen LogP contribution in [0.5, 0.6) is 0 Å². The molecule has 0 aliphatic rings. The highest BCUT2D eigenvalue weighted by atomic mass is 32.2. The molecule has 0 fully saturated rings. The van der Waals surface area contributed by atoms with Crippen LogP contribution in [0.25, 0.3) is 0 Å². The van der Waals surface area contributed by atoms with Crippen molar-refractivity contribution in [2.75, 3.05) is 40.0 Å². The van der Waals surface area contributed by atoms with Crippen LogP contribution in [0.15, 0.2) is 0 Å². The number of nitrogens with one attached hydrogen (secondary N) is 1. The second-order valence-corrected chi connectivity index (χ2v) is 11.7. The van der Waals surface area contributed by atoms with Crippen LogP contribution in [0.1, 0.15) is 38.5 Å². The highest BCUT2D eigenvalue weighted by molar-refractivity contribution is 7.89. The molecular weight excluding hydrogens is 567 g/mol. The Bertz CT molecular complexity index is 783. The second kappa shape index (κ2) is 12.4. The van der Waals surface area contributed by atoms with Crippen molar-refractivity contribution < 1.29 is 70.0 Å². The molecule has 0 heterocycles. The summed E-state index contributed by atoms with van der Waals surface area (Å²) < 4.78 is 196. The molecule has 4 nitrogen and oxygen atoms in total. The van der Waals surface area contributed by atoms with Gasteiger partial charge in [0.2, 0.25) is 10.0 Å². The van der Waals surface area contributed by atoms with Gasteiger partial charge in [0.15, 0.2) is 0 Å². The zero-order valence-electron chi connectivity index (χ0n) is 20.1. The molecular formula is C19H30F13N2O2S+. The van der Waals surface area contributed by atoms with Gasteiger partial charge >= 0.3 is 24.7 Å². The molecule has 0 saturated carbocycles. The van der Waals surface area contributed by atoms with E-state index < -0.39 is 90.1 Å². The van der Waals surface area contributed by atoms with E-state index in [1.54, 1.807) is 0 Å². The SMILES string of the molecule is C[N+](C)(C)CCCNS(=O)(=O)CCCCC(CC(CC(F)(C(F)(F)F)C(F)(F)F)C(F)(F)F)C(F)(F)F. The molecule has 0 rings (SSSR count). The molecule has 0 saturated heterocycles. The fourth-order valence-electron chi connectivity index (χ4n) is 3.36. The van der Waals surface area contributed by atoms with Gasteiger partial charge in [-0.2, -0.15) is 52.7 Å². The van der Waals surface area contributed by atoms with E-state index in [0.29, 0.717) is 17.4 Å². The van der Waals surface area contributed by atoms with Crippen LogP contribution in [-0.2, 0) is 10.0 Å². The fourth-order valence-corrected chi connectivity index (χ4v) is 4.54. The molecule has 37 heavy (non-hydrogen) atoms. The third kappa shape index (κ3) is 12.6. The minimum absolute atomic E-state index is 0.0136.